The normalized spacial score (nSPS) is 17.7. The molecule has 1 aliphatic heterocycles. The Balaban J connectivity index is 1.85. The number of carbonyl (C=O) groups excluding carboxylic acids is 2. The maximum absolute atomic E-state index is 12.4. The number of methoxy groups -OCH3 is 1. The van der Waals surface area contributed by atoms with Crippen molar-refractivity contribution in [1.82, 2.24) is 15.2 Å². The highest BCUT2D eigenvalue weighted by molar-refractivity contribution is 5.92. The quantitative estimate of drug-likeness (QED) is 0.803. The Bertz CT molecular complexity index is 533. The van der Waals surface area contributed by atoms with Gasteiger partial charge in [-0.3, -0.25) is 4.79 Å². The molecule has 7 nitrogen and oxygen atoms in total. The van der Waals surface area contributed by atoms with Gasteiger partial charge in [-0.25, -0.2) is 9.78 Å². The van der Waals surface area contributed by atoms with Crippen molar-refractivity contribution in [3.63, 3.8) is 0 Å². The van der Waals surface area contributed by atoms with Gasteiger partial charge in [0.15, 0.2) is 0 Å². The van der Waals surface area contributed by atoms with Crippen LogP contribution in [0.2, 0.25) is 0 Å². The lowest BCUT2D eigenvalue weighted by atomic mass is 9.97. The number of aryl methyl sites for hydroxylation is 1. The number of amides is 3. The summed E-state index contributed by atoms with van der Waals surface area (Å²) in [6.45, 7) is 3.99. The van der Waals surface area contributed by atoms with Crippen molar-refractivity contribution in [2.45, 2.75) is 19.8 Å². The minimum absolute atomic E-state index is 0.0873. The number of urea groups is 1. The van der Waals surface area contributed by atoms with Crippen molar-refractivity contribution in [3.8, 4) is 0 Å². The molecule has 126 valence electrons. The summed E-state index contributed by atoms with van der Waals surface area (Å²) in [6, 6.07) is 3.54. The van der Waals surface area contributed by atoms with Crippen LogP contribution in [0.25, 0.3) is 0 Å². The number of rotatable bonds is 5. The second kappa shape index (κ2) is 8.47. The van der Waals surface area contributed by atoms with Crippen molar-refractivity contribution in [1.29, 1.82) is 0 Å². The van der Waals surface area contributed by atoms with Crippen LogP contribution in [0.3, 0.4) is 0 Å². The molecule has 7 heteroatoms. The summed E-state index contributed by atoms with van der Waals surface area (Å²) in [5.74, 6) is 0.248. The maximum atomic E-state index is 12.4. The molecule has 1 fully saturated rings. The standard InChI is InChI=1S/C16H24N4O3/c1-12-5-6-14(18-10-12)19-15(21)13-4-3-8-20(11-13)16(22)17-7-9-23-2/h5-6,10,13H,3-4,7-9,11H2,1-2H3,(H,17,22)(H,18,19,21)/t13-/m1/s1. The van der Waals surface area contributed by atoms with E-state index < -0.39 is 0 Å². The van der Waals surface area contributed by atoms with Gasteiger partial charge in [-0.1, -0.05) is 6.07 Å². The minimum Gasteiger partial charge on any atom is -0.383 e. The molecular weight excluding hydrogens is 296 g/mol. The molecule has 0 saturated carbocycles. The number of aromatic nitrogens is 1. The monoisotopic (exact) mass is 320 g/mol. The second-order valence-electron chi connectivity index (χ2n) is 5.72. The number of hydrogen-bond acceptors (Lipinski definition) is 4. The van der Waals surface area contributed by atoms with E-state index in [1.54, 1.807) is 24.3 Å². The Morgan fingerprint density at radius 1 is 1.43 bits per heavy atom. The topological polar surface area (TPSA) is 83.6 Å². The van der Waals surface area contributed by atoms with Crippen LogP contribution in [-0.2, 0) is 9.53 Å². The first-order valence-corrected chi connectivity index (χ1v) is 7.85. The van der Waals surface area contributed by atoms with E-state index >= 15 is 0 Å². The second-order valence-corrected chi connectivity index (χ2v) is 5.72. The van der Waals surface area contributed by atoms with E-state index in [0.29, 0.717) is 32.1 Å². The predicted molar refractivity (Wildman–Crippen MR) is 87.2 cm³/mol. The van der Waals surface area contributed by atoms with Crippen molar-refractivity contribution >= 4 is 17.8 Å². The van der Waals surface area contributed by atoms with E-state index in [-0.39, 0.29) is 17.9 Å². The number of likely N-dealkylation sites (tertiary alicyclic amines) is 1. The first-order chi connectivity index (χ1) is 11.1. The van der Waals surface area contributed by atoms with Crippen LogP contribution >= 0.6 is 0 Å². The Kier molecular flexibility index (Phi) is 6.34. The van der Waals surface area contributed by atoms with E-state index in [1.807, 2.05) is 13.0 Å². The number of pyridine rings is 1. The van der Waals surface area contributed by atoms with Crippen LogP contribution in [0.1, 0.15) is 18.4 Å². The van der Waals surface area contributed by atoms with Gasteiger partial charge in [0.1, 0.15) is 5.82 Å². The van der Waals surface area contributed by atoms with Gasteiger partial charge < -0.3 is 20.3 Å². The van der Waals surface area contributed by atoms with Gasteiger partial charge in [-0.15, -0.1) is 0 Å². The van der Waals surface area contributed by atoms with Gasteiger partial charge in [0.2, 0.25) is 5.91 Å². The van der Waals surface area contributed by atoms with E-state index in [1.165, 1.54) is 0 Å². The minimum atomic E-state index is -0.208. The SMILES string of the molecule is COCCNC(=O)N1CCC[C@@H](C(=O)Nc2ccc(C)cn2)C1. The molecule has 0 unspecified atom stereocenters. The fourth-order valence-corrected chi connectivity index (χ4v) is 2.52. The molecule has 2 heterocycles. The smallest absolute Gasteiger partial charge is 0.317 e. The van der Waals surface area contributed by atoms with Crippen LogP contribution in [0.15, 0.2) is 18.3 Å². The average Bonchev–Trinajstić information content (AvgIpc) is 2.57. The lowest BCUT2D eigenvalue weighted by Crippen LogP contribution is -2.48. The summed E-state index contributed by atoms with van der Waals surface area (Å²) in [6.07, 6.45) is 3.31. The Labute approximate surface area is 136 Å². The first kappa shape index (κ1) is 17.2. The zero-order chi connectivity index (χ0) is 16.7. The number of anilines is 1. The number of piperidine rings is 1. The molecular formula is C16H24N4O3. The molecule has 0 aromatic carbocycles. The van der Waals surface area contributed by atoms with Crippen LogP contribution in [0, 0.1) is 12.8 Å². The lowest BCUT2D eigenvalue weighted by Gasteiger charge is -2.32. The van der Waals surface area contributed by atoms with Crippen molar-refractivity contribution in [2.75, 3.05) is 38.7 Å². The van der Waals surface area contributed by atoms with Crippen LogP contribution in [0.4, 0.5) is 10.6 Å². The van der Waals surface area contributed by atoms with Crippen LogP contribution in [0.5, 0.6) is 0 Å². The third kappa shape index (κ3) is 5.21. The molecule has 2 N–H and O–H groups in total. The molecule has 0 bridgehead atoms. The van der Waals surface area contributed by atoms with Gasteiger partial charge >= 0.3 is 6.03 Å². The number of carbonyl (C=O) groups is 2. The molecule has 1 saturated heterocycles. The molecule has 1 aromatic heterocycles. The van der Waals surface area contributed by atoms with E-state index in [4.69, 9.17) is 4.74 Å². The Morgan fingerprint density at radius 2 is 2.26 bits per heavy atom. The molecule has 1 atom stereocenters. The molecule has 1 aromatic rings. The molecule has 2 rings (SSSR count). The van der Waals surface area contributed by atoms with Gasteiger partial charge in [0.05, 0.1) is 12.5 Å². The highest BCUT2D eigenvalue weighted by Crippen LogP contribution is 2.18. The summed E-state index contributed by atoms with van der Waals surface area (Å²) in [4.78, 5) is 30.3. The summed E-state index contributed by atoms with van der Waals surface area (Å²) >= 11 is 0. The van der Waals surface area contributed by atoms with E-state index in [9.17, 15) is 9.59 Å². The van der Waals surface area contributed by atoms with Gasteiger partial charge in [0.25, 0.3) is 0 Å². The highest BCUT2D eigenvalue weighted by atomic mass is 16.5. The molecule has 23 heavy (non-hydrogen) atoms. The first-order valence-electron chi connectivity index (χ1n) is 7.85. The summed E-state index contributed by atoms with van der Waals surface area (Å²) < 4.78 is 4.91. The summed E-state index contributed by atoms with van der Waals surface area (Å²) in [5, 5.41) is 5.61. The fraction of sp³-hybridized carbons (Fsp3) is 0.562. The summed E-state index contributed by atoms with van der Waals surface area (Å²) in [5.41, 5.74) is 1.04. The molecule has 3 amide bonds. The molecule has 0 aliphatic carbocycles. The third-order valence-electron chi connectivity index (χ3n) is 3.82. The average molecular weight is 320 g/mol. The van der Waals surface area contributed by atoms with E-state index in [0.717, 1.165) is 18.4 Å². The van der Waals surface area contributed by atoms with Gasteiger partial charge in [-0.05, 0) is 31.4 Å². The lowest BCUT2D eigenvalue weighted by molar-refractivity contribution is -0.121. The Hall–Kier alpha value is -2.15. The molecule has 0 spiro atoms. The van der Waals surface area contributed by atoms with Crippen LogP contribution < -0.4 is 10.6 Å². The predicted octanol–water partition coefficient (Wildman–Crippen LogP) is 1.40. The summed E-state index contributed by atoms with van der Waals surface area (Å²) in [7, 11) is 1.59. The van der Waals surface area contributed by atoms with Gasteiger partial charge in [-0.2, -0.15) is 0 Å². The van der Waals surface area contributed by atoms with Gasteiger partial charge in [0, 0.05) is 32.9 Å². The zero-order valence-corrected chi connectivity index (χ0v) is 13.7. The van der Waals surface area contributed by atoms with Crippen molar-refractivity contribution in [2.24, 2.45) is 5.92 Å². The number of nitrogens with zero attached hydrogens (tertiary/aromatic N) is 2. The highest BCUT2D eigenvalue weighted by Gasteiger charge is 2.28. The third-order valence-corrected chi connectivity index (χ3v) is 3.82. The van der Waals surface area contributed by atoms with Crippen molar-refractivity contribution < 1.29 is 14.3 Å². The Morgan fingerprint density at radius 3 is 2.96 bits per heavy atom. The number of ether oxygens (including phenoxy) is 1. The molecule has 0 radical (unpaired) electrons. The van der Waals surface area contributed by atoms with Crippen molar-refractivity contribution in [3.05, 3.63) is 23.9 Å². The zero-order valence-electron chi connectivity index (χ0n) is 13.7. The number of hydrogen-bond donors (Lipinski definition) is 2. The van der Waals surface area contributed by atoms with Crippen LogP contribution in [-0.4, -0.2) is 55.2 Å². The fourth-order valence-electron chi connectivity index (χ4n) is 2.52. The molecule has 1 aliphatic rings. The number of nitrogens with one attached hydrogen (secondary N) is 2. The largest absolute Gasteiger partial charge is 0.383 e. The maximum Gasteiger partial charge on any atom is 0.317 e. The van der Waals surface area contributed by atoms with E-state index in [2.05, 4.69) is 15.6 Å².